The third-order valence-electron chi connectivity index (χ3n) is 2.84. The molecule has 1 aliphatic heterocycles. The summed E-state index contributed by atoms with van der Waals surface area (Å²) in [6, 6.07) is 7.06. The zero-order valence-corrected chi connectivity index (χ0v) is 10.7. The first-order valence-electron chi connectivity index (χ1n) is 5.44. The monoisotopic (exact) mass is 270 g/mol. The number of carbonyl (C=O) groups is 1. The molecular formula is C11H14N2O4S. The molecule has 0 radical (unpaired) electrons. The van der Waals surface area contributed by atoms with E-state index in [2.05, 4.69) is 0 Å². The van der Waals surface area contributed by atoms with Crippen molar-refractivity contribution in [2.75, 3.05) is 35.1 Å². The molecule has 0 aromatic heterocycles. The Morgan fingerprint density at radius 2 is 1.89 bits per heavy atom. The van der Waals surface area contributed by atoms with Crippen LogP contribution < -0.4 is 9.21 Å². The van der Waals surface area contributed by atoms with Gasteiger partial charge in [0.25, 0.3) is 0 Å². The van der Waals surface area contributed by atoms with Gasteiger partial charge in [-0.25, -0.2) is 8.42 Å². The number of nitrogens with zero attached hydrogens (tertiary/aromatic N) is 2. The molecule has 0 bridgehead atoms. The minimum Gasteiger partial charge on any atom is -0.480 e. The topological polar surface area (TPSA) is 77.9 Å². The lowest BCUT2D eigenvalue weighted by molar-refractivity contribution is -0.134. The van der Waals surface area contributed by atoms with Gasteiger partial charge in [-0.15, -0.1) is 0 Å². The predicted molar refractivity (Wildman–Crippen MR) is 68.5 cm³/mol. The third kappa shape index (κ3) is 2.26. The summed E-state index contributed by atoms with van der Waals surface area (Å²) in [4.78, 5) is 12.6. The number of fused-ring (bicyclic) bond motifs is 1. The van der Waals surface area contributed by atoms with E-state index >= 15 is 0 Å². The number of sulfonamides is 1. The Hall–Kier alpha value is -1.76. The number of carboxylic acid groups (broad SMARTS) is 1. The second-order valence-corrected chi connectivity index (χ2v) is 6.03. The van der Waals surface area contributed by atoms with Crippen molar-refractivity contribution in [3.05, 3.63) is 24.3 Å². The average molecular weight is 270 g/mol. The van der Waals surface area contributed by atoms with E-state index in [4.69, 9.17) is 5.11 Å². The van der Waals surface area contributed by atoms with Crippen LogP contribution in [-0.4, -0.2) is 45.4 Å². The molecule has 1 heterocycles. The van der Waals surface area contributed by atoms with Gasteiger partial charge in [0.2, 0.25) is 10.0 Å². The Bertz CT molecular complexity index is 570. The van der Waals surface area contributed by atoms with Crippen LogP contribution in [0.15, 0.2) is 24.3 Å². The Balaban J connectivity index is 2.43. The first-order valence-corrected chi connectivity index (χ1v) is 7.05. The van der Waals surface area contributed by atoms with Gasteiger partial charge in [-0.2, -0.15) is 0 Å². The van der Waals surface area contributed by atoms with Crippen molar-refractivity contribution in [1.82, 2.24) is 0 Å². The summed E-state index contributed by atoms with van der Waals surface area (Å²) in [5.41, 5.74) is 1.32. The molecule has 6 nitrogen and oxygen atoms in total. The van der Waals surface area contributed by atoms with Crippen LogP contribution in [0, 0.1) is 0 Å². The van der Waals surface area contributed by atoms with Crippen LogP contribution in [0.1, 0.15) is 0 Å². The van der Waals surface area contributed by atoms with Gasteiger partial charge in [0.05, 0.1) is 17.9 Å². The maximum atomic E-state index is 12.0. The maximum absolute atomic E-state index is 12.0. The molecule has 1 aromatic carbocycles. The molecule has 0 fully saturated rings. The van der Waals surface area contributed by atoms with Crippen LogP contribution in [-0.2, 0) is 14.8 Å². The second kappa shape index (κ2) is 4.49. The van der Waals surface area contributed by atoms with Crippen molar-refractivity contribution in [1.29, 1.82) is 0 Å². The SMILES string of the molecule is CN1CCN(S(=O)(=O)CC(=O)O)c2ccccc21. The molecule has 7 heteroatoms. The Morgan fingerprint density at radius 3 is 2.50 bits per heavy atom. The summed E-state index contributed by atoms with van der Waals surface area (Å²) in [5.74, 6) is -2.23. The molecule has 18 heavy (non-hydrogen) atoms. The van der Waals surface area contributed by atoms with E-state index in [0.29, 0.717) is 12.2 Å². The third-order valence-corrected chi connectivity index (χ3v) is 4.50. The van der Waals surface area contributed by atoms with Gasteiger partial charge in [-0.05, 0) is 12.1 Å². The molecular weight excluding hydrogens is 256 g/mol. The van der Waals surface area contributed by atoms with Crippen molar-refractivity contribution in [3.63, 3.8) is 0 Å². The normalized spacial score (nSPS) is 15.4. The molecule has 1 aliphatic rings. The lowest BCUT2D eigenvalue weighted by Gasteiger charge is -2.35. The Labute approximate surface area is 105 Å². The van der Waals surface area contributed by atoms with E-state index in [1.807, 2.05) is 24.1 Å². The van der Waals surface area contributed by atoms with E-state index < -0.39 is 21.7 Å². The summed E-state index contributed by atoms with van der Waals surface area (Å²) in [6.07, 6.45) is 0. The molecule has 0 saturated carbocycles. The van der Waals surface area contributed by atoms with Gasteiger partial charge in [0.1, 0.15) is 0 Å². The Kier molecular flexibility index (Phi) is 3.16. The highest BCUT2D eigenvalue weighted by molar-refractivity contribution is 7.93. The quantitative estimate of drug-likeness (QED) is 0.858. The lowest BCUT2D eigenvalue weighted by Crippen LogP contribution is -2.44. The van der Waals surface area contributed by atoms with Crippen molar-refractivity contribution >= 4 is 27.4 Å². The van der Waals surface area contributed by atoms with Crippen LogP contribution in [0.5, 0.6) is 0 Å². The summed E-state index contributed by atoms with van der Waals surface area (Å²) >= 11 is 0. The number of carboxylic acids is 1. The number of aliphatic carboxylic acids is 1. The molecule has 0 aliphatic carbocycles. The Morgan fingerprint density at radius 1 is 1.28 bits per heavy atom. The zero-order chi connectivity index (χ0) is 13.3. The molecule has 0 unspecified atom stereocenters. The van der Waals surface area contributed by atoms with Crippen LogP contribution in [0.3, 0.4) is 0 Å². The average Bonchev–Trinajstić information content (AvgIpc) is 2.27. The molecule has 2 rings (SSSR count). The smallest absolute Gasteiger partial charge is 0.320 e. The largest absolute Gasteiger partial charge is 0.480 e. The van der Waals surface area contributed by atoms with E-state index in [9.17, 15) is 13.2 Å². The van der Waals surface area contributed by atoms with Crippen LogP contribution in [0.25, 0.3) is 0 Å². The first-order chi connectivity index (χ1) is 8.42. The van der Waals surface area contributed by atoms with Crippen molar-refractivity contribution in [3.8, 4) is 0 Å². The number of hydrogen-bond donors (Lipinski definition) is 1. The van der Waals surface area contributed by atoms with Gasteiger partial charge in [-0.3, -0.25) is 9.10 Å². The molecule has 0 saturated heterocycles. The lowest BCUT2D eigenvalue weighted by atomic mass is 10.2. The number of hydrogen-bond acceptors (Lipinski definition) is 4. The van der Waals surface area contributed by atoms with Gasteiger partial charge in [0.15, 0.2) is 5.75 Å². The fourth-order valence-electron chi connectivity index (χ4n) is 2.00. The maximum Gasteiger partial charge on any atom is 0.320 e. The molecule has 0 atom stereocenters. The summed E-state index contributed by atoms with van der Waals surface area (Å²) in [5, 5.41) is 8.66. The number of para-hydroxylation sites is 2. The molecule has 0 amide bonds. The molecule has 0 spiro atoms. The molecule has 1 N–H and O–H groups in total. The summed E-state index contributed by atoms with van der Waals surface area (Å²) < 4.78 is 25.2. The zero-order valence-electron chi connectivity index (χ0n) is 9.91. The van der Waals surface area contributed by atoms with E-state index in [-0.39, 0.29) is 6.54 Å². The number of likely N-dealkylation sites (N-methyl/N-ethyl adjacent to an activating group) is 1. The standard InChI is InChI=1S/C11H14N2O4S/c1-12-6-7-13(18(16,17)8-11(14)15)10-5-3-2-4-9(10)12/h2-5H,6-8H2,1H3,(H,14,15). The van der Waals surface area contributed by atoms with Gasteiger partial charge < -0.3 is 10.0 Å². The first kappa shape index (κ1) is 12.7. The highest BCUT2D eigenvalue weighted by atomic mass is 32.2. The predicted octanol–water partition coefficient (Wildman–Crippen LogP) is 0.357. The van der Waals surface area contributed by atoms with Crippen LogP contribution >= 0.6 is 0 Å². The highest BCUT2D eigenvalue weighted by Crippen LogP contribution is 2.33. The van der Waals surface area contributed by atoms with Gasteiger partial charge in [0, 0.05) is 13.6 Å². The van der Waals surface area contributed by atoms with Crippen LogP contribution in [0.2, 0.25) is 0 Å². The summed E-state index contributed by atoms with van der Waals surface area (Å²) in [7, 11) is -1.94. The van der Waals surface area contributed by atoms with Gasteiger partial charge >= 0.3 is 5.97 Å². The number of anilines is 2. The van der Waals surface area contributed by atoms with Crippen LogP contribution in [0.4, 0.5) is 11.4 Å². The minimum atomic E-state index is -3.81. The highest BCUT2D eigenvalue weighted by Gasteiger charge is 2.30. The van der Waals surface area contributed by atoms with E-state index in [1.54, 1.807) is 12.1 Å². The fraction of sp³-hybridized carbons (Fsp3) is 0.364. The number of rotatable bonds is 3. The van der Waals surface area contributed by atoms with Crippen molar-refractivity contribution in [2.24, 2.45) is 0 Å². The van der Waals surface area contributed by atoms with Crippen molar-refractivity contribution in [2.45, 2.75) is 0 Å². The van der Waals surface area contributed by atoms with E-state index in [0.717, 1.165) is 5.69 Å². The summed E-state index contributed by atoms with van der Waals surface area (Å²) in [6.45, 7) is 0.805. The molecule has 98 valence electrons. The number of benzene rings is 1. The molecule has 1 aromatic rings. The second-order valence-electron chi connectivity index (χ2n) is 4.13. The minimum absolute atomic E-state index is 0.267. The van der Waals surface area contributed by atoms with Gasteiger partial charge in [-0.1, -0.05) is 12.1 Å². The fourth-order valence-corrected chi connectivity index (χ4v) is 3.28. The van der Waals surface area contributed by atoms with Crippen molar-refractivity contribution < 1.29 is 18.3 Å². The van der Waals surface area contributed by atoms with E-state index in [1.165, 1.54) is 4.31 Å².